The summed E-state index contributed by atoms with van der Waals surface area (Å²) in [5.74, 6) is 1.34. The summed E-state index contributed by atoms with van der Waals surface area (Å²) in [5, 5.41) is 3.13. The lowest BCUT2D eigenvalue weighted by Crippen LogP contribution is -2.51. The fourth-order valence-electron chi connectivity index (χ4n) is 4.16. The topological polar surface area (TPSA) is 54.0 Å². The summed E-state index contributed by atoms with van der Waals surface area (Å²) in [4.78, 5) is 17.6. The minimum Gasteiger partial charge on any atom is -0.454 e. The van der Waals surface area contributed by atoms with Gasteiger partial charge in [0, 0.05) is 38.8 Å². The van der Waals surface area contributed by atoms with Gasteiger partial charge in [-0.2, -0.15) is 0 Å². The summed E-state index contributed by atoms with van der Waals surface area (Å²) >= 11 is 0. The van der Waals surface area contributed by atoms with Crippen molar-refractivity contribution in [2.24, 2.45) is 0 Å². The maximum absolute atomic E-state index is 13.4. The Morgan fingerprint density at radius 2 is 1.77 bits per heavy atom. The van der Waals surface area contributed by atoms with Crippen LogP contribution in [-0.4, -0.2) is 54.7 Å². The van der Waals surface area contributed by atoms with Crippen LogP contribution in [0.4, 0.5) is 4.39 Å². The van der Waals surface area contributed by atoms with Crippen LogP contribution in [0.1, 0.15) is 30.0 Å². The molecule has 1 N–H and O–H groups in total. The number of ether oxygens (including phenoxy) is 2. The van der Waals surface area contributed by atoms with Crippen molar-refractivity contribution < 1.29 is 18.7 Å². The maximum Gasteiger partial charge on any atom is 0.242 e. The normalized spacial score (nSPS) is 20.2. The third-order valence-electron chi connectivity index (χ3n) is 5.97. The zero-order valence-corrected chi connectivity index (χ0v) is 16.9. The molecule has 2 aromatic carbocycles. The summed E-state index contributed by atoms with van der Waals surface area (Å²) in [5.41, 5.74) is 2.04. The van der Waals surface area contributed by atoms with Gasteiger partial charge in [-0.1, -0.05) is 18.2 Å². The van der Waals surface area contributed by atoms with E-state index in [1.807, 2.05) is 12.1 Å². The van der Waals surface area contributed by atoms with Gasteiger partial charge in [-0.25, -0.2) is 4.39 Å². The molecule has 5 rings (SSSR count). The molecule has 3 aliphatic rings. The Balaban J connectivity index is 1.24. The van der Waals surface area contributed by atoms with Crippen LogP contribution in [0.2, 0.25) is 0 Å². The highest BCUT2D eigenvalue weighted by atomic mass is 19.1. The molecule has 2 aromatic rings. The van der Waals surface area contributed by atoms with Crippen molar-refractivity contribution in [2.45, 2.75) is 31.5 Å². The van der Waals surface area contributed by atoms with Gasteiger partial charge in [0.2, 0.25) is 12.7 Å². The Morgan fingerprint density at radius 3 is 2.50 bits per heavy atom. The first-order valence-corrected chi connectivity index (χ1v) is 10.6. The predicted octanol–water partition coefficient (Wildman–Crippen LogP) is 2.69. The Kier molecular flexibility index (Phi) is 5.31. The van der Waals surface area contributed by atoms with Crippen LogP contribution < -0.4 is 14.8 Å². The van der Waals surface area contributed by atoms with Gasteiger partial charge in [0.05, 0.1) is 0 Å². The molecule has 1 saturated heterocycles. The number of nitrogens with one attached hydrogen (secondary N) is 1. The van der Waals surface area contributed by atoms with Crippen LogP contribution in [-0.2, 0) is 11.3 Å². The lowest BCUT2D eigenvalue weighted by Gasteiger charge is -2.39. The number of carbonyl (C=O) groups excluding carboxylic acids is 1. The standard InChI is InChI=1S/C23H26FN3O3/c24-18-4-2-17(3-5-18)22(23(28)25-19-6-7-19)27-11-9-26(10-12-27)14-16-1-8-20-21(13-16)30-15-29-20/h1-5,8,13,19,22H,6-7,9-12,14-15H2,(H,25,28). The van der Waals surface area contributed by atoms with Crippen LogP contribution in [0.25, 0.3) is 0 Å². The molecular weight excluding hydrogens is 385 g/mol. The van der Waals surface area contributed by atoms with Crippen LogP contribution >= 0.6 is 0 Å². The molecule has 1 unspecified atom stereocenters. The highest BCUT2D eigenvalue weighted by Crippen LogP contribution is 2.33. The smallest absolute Gasteiger partial charge is 0.242 e. The van der Waals surface area contributed by atoms with E-state index in [4.69, 9.17) is 9.47 Å². The summed E-state index contributed by atoms with van der Waals surface area (Å²) in [6, 6.07) is 12.3. The van der Waals surface area contributed by atoms with Gasteiger partial charge in [-0.05, 0) is 48.2 Å². The van der Waals surface area contributed by atoms with Gasteiger partial charge in [-0.3, -0.25) is 14.6 Å². The molecule has 0 aromatic heterocycles. The average molecular weight is 411 g/mol. The first-order chi connectivity index (χ1) is 14.7. The molecular formula is C23H26FN3O3. The lowest BCUT2D eigenvalue weighted by molar-refractivity contribution is -0.127. The van der Waals surface area contributed by atoms with E-state index in [2.05, 4.69) is 21.2 Å². The van der Waals surface area contributed by atoms with Gasteiger partial charge in [0.25, 0.3) is 0 Å². The second kappa shape index (κ2) is 8.24. The van der Waals surface area contributed by atoms with Gasteiger partial charge >= 0.3 is 0 Å². The second-order valence-corrected chi connectivity index (χ2v) is 8.24. The van der Waals surface area contributed by atoms with E-state index >= 15 is 0 Å². The Labute approximate surface area is 175 Å². The molecule has 0 radical (unpaired) electrons. The van der Waals surface area contributed by atoms with Gasteiger partial charge in [0.1, 0.15) is 11.9 Å². The summed E-state index contributed by atoms with van der Waals surface area (Å²) in [6.07, 6.45) is 2.09. The largest absolute Gasteiger partial charge is 0.454 e. The van der Waals surface area contributed by atoms with Crippen LogP contribution in [0.3, 0.4) is 0 Å². The fraction of sp³-hybridized carbons (Fsp3) is 0.435. The Morgan fingerprint density at radius 1 is 1.03 bits per heavy atom. The second-order valence-electron chi connectivity index (χ2n) is 8.24. The number of halogens is 1. The molecule has 1 amide bonds. The SMILES string of the molecule is O=C(NC1CC1)C(c1ccc(F)cc1)N1CCN(Cc2ccc3c(c2)OCO3)CC1. The van der Waals surface area contributed by atoms with Crippen molar-refractivity contribution in [1.82, 2.24) is 15.1 Å². The average Bonchev–Trinajstić information content (AvgIpc) is 3.44. The van der Waals surface area contributed by atoms with Crippen molar-refractivity contribution >= 4 is 5.91 Å². The van der Waals surface area contributed by atoms with E-state index in [0.717, 1.165) is 62.6 Å². The molecule has 2 aliphatic heterocycles. The molecule has 0 bridgehead atoms. The molecule has 6 nitrogen and oxygen atoms in total. The molecule has 0 spiro atoms. The molecule has 2 fully saturated rings. The van der Waals surface area contributed by atoms with E-state index in [9.17, 15) is 9.18 Å². The quantitative estimate of drug-likeness (QED) is 0.792. The minimum atomic E-state index is -0.376. The number of benzene rings is 2. The molecule has 7 heteroatoms. The first kappa shape index (κ1) is 19.3. The van der Waals surface area contributed by atoms with E-state index in [1.54, 1.807) is 12.1 Å². The van der Waals surface area contributed by atoms with Crippen molar-refractivity contribution in [1.29, 1.82) is 0 Å². The number of hydrogen-bond donors (Lipinski definition) is 1. The number of amides is 1. The Bertz CT molecular complexity index is 908. The summed E-state index contributed by atoms with van der Waals surface area (Å²) in [7, 11) is 0. The molecule has 1 saturated carbocycles. The van der Waals surface area contributed by atoms with Crippen molar-refractivity contribution in [3.8, 4) is 11.5 Å². The molecule has 2 heterocycles. The van der Waals surface area contributed by atoms with E-state index < -0.39 is 0 Å². The van der Waals surface area contributed by atoms with E-state index in [1.165, 1.54) is 17.7 Å². The first-order valence-electron chi connectivity index (χ1n) is 10.6. The van der Waals surface area contributed by atoms with Gasteiger partial charge < -0.3 is 14.8 Å². The minimum absolute atomic E-state index is 0.0216. The number of hydrogen-bond acceptors (Lipinski definition) is 5. The van der Waals surface area contributed by atoms with Crippen molar-refractivity contribution in [3.63, 3.8) is 0 Å². The molecule has 158 valence electrons. The molecule has 1 aliphatic carbocycles. The predicted molar refractivity (Wildman–Crippen MR) is 110 cm³/mol. The Hall–Kier alpha value is -2.64. The monoisotopic (exact) mass is 411 g/mol. The summed E-state index contributed by atoms with van der Waals surface area (Å²) in [6.45, 7) is 4.41. The third kappa shape index (κ3) is 4.27. The number of carbonyl (C=O) groups is 1. The number of nitrogens with zero attached hydrogens (tertiary/aromatic N) is 2. The number of fused-ring (bicyclic) bond motifs is 1. The van der Waals surface area contributed by atoms with Crippen LogP contribution in [0, 0.1) is 5.82 Å². The van der Waals surface area contributed by atoms with Gasteiger partial charge in [-0.15, -0.1) is 0 Å². The van der Waals surface area contributed by atoms with Crippen LogP contribution in [0.15, 0.2) is 42.5 Å². The van der Waals surface area contributed by atoms with Crippen molar-refractivity contribution in [2.75, 3.05) is 33.0 Å². The molecule has 1 atom stereocenters. The lowest BCUT2D eigenvalue weighted by atomic mass is 10.0. The van der Waals surface area contributed by atoms with Gasteiger partial charge in [0.15, 0.2) is 11.5 Å². The highest BCUT2D eigenvalue weighted by molar-refractivity contribution is 5.83. The third-order valence-corrected chi connectivity index (χ3v) is 5.97. The fourth-order valence-corrected chi connectivity index (χ4v) is 4.16. The summed E-state index contributed by atoms with van der Waals surface area (Å²) < 4.78 is 24.3. The zero-order chi connectivity index (χ0) is 20.5. The van der Waals surface area contributed by atoms with Crippen molar-refractivity contribution in [3.05, 3.63) is 59.4 Å². The molecule has 30 heavy (non-hydrogen) atoms. The highest BCUT2D eigenvalue weighted by Gasteiger charge is 2.33. The number of rotatable bonds is 6. The number of piperazine rings is 1. The van der Waals surface area contributed by atoms with Crippen LogP contribution in [0.5, 0.6) is 11.5 Å². The van der Waals surface area contributed by atoms with E-state index in [0.29, 0.717) is 6.04 Å². The zero-order valence-electron chi connectivity index (χ0n) is 16.9. The van der Waals surface area contributed by atoms with E-state index in [-0.39, 0.29) is 24.6 Å². The maximum atomic E-state index is 13.4.